The van der Waals surface area contributed by atoms with Gasteiger partial charge in [-0.2, -0.15) is 9.50 Å². The predicted molar refractivity (Wildman–Crippen MR) is 117 cm³/mol. The number of furan rings is 1. The van der Waals surface area contributed by atoms with Crippen LogP contribution in [0, 0.1) is 12.3 Å². The first-order chi connectivity index (χ1) is 15.1. The van der Waals surface area contributed by atoms with Gasteiger partial charge in [-0.15, -0.1) is 5.10 Å². The van der Waals surface area contributed by atoms with Gasteiger partial charge in [0.1, 0.15) is 5.82 Å². The van der Waals surface area contributed by atoms with Gasteiger partial charge in [-0.3, -0.25) is 9.88 Å². The third kappa shape index (κ3) is 3.61. The molecule has 10 heteroatoms. The zero-order chi connectivity index (χ0) is 21.4. The third-order valence-electron chi connectivity index (χ3n) is 5.41. The topological polar surface area (TPSA) is 134 Å². The van der Waals surface area contributed by atoms with Crippen LogP contribution in [0.25, 0.3) is 17.2 Å². The molecule has 0 unspecified atom stereocenters. The van der Waals surface area contributed by atoms with E-state index in [1.54, 1.807) is 18.4 Å². The van der Waals surface area contributed by atoms with E-state index >= 15 is 0 Å². The van der Waals surface area contributed by atoms with Gasteiger partial charge in [0, 0.05) is 50.7 Å². The summed E-state index contributed by atoms with van der Waals surface area (Å²) in [4.78, 5) is 15.9. The van der Waals surface area contributed by atoms with Crippen LogP contribution >= 0.6 is 0 Å². The fourth-order valence-corrected chi connectivity index (χ4v) is 3.88. The fourth-order valence-electron chi connectivity index (χ4n) is 3.88. The van der Waals surface area contributed by atoms with Crippen molar-refractivity contribution in [2.45, 2.75) is 19.9 Å². The molecule has 4 aromatic rings. The van der Waals surface area contributed by atoms with Gasteiger partial charge < -0.3 is 20.9 Å². The average molecular weight is 417 g/mol. The summed E-state index contributed by atoms with van der Waals surface area (Å²) in [5, 5.41) is 15.6. The Labute approximate surface area is 178 Å². The molecule has 0 bridgehead atoms. The Balaban J connectivity index is 1.33. The molecule has 31 heavy (non-hydrogen) atoms. The molecule has 1 aliphatic heterocycles. The molecule has 0 radical (unpaired) electrons. The minimum atomic E-state index is 0.196. The predicted octanol–water partition coefficient (Wildman–Crippen LogP) is 2.14. The number of pyridine rings is 1. The molecule has 0 aromatic carbocycles. The molecule has 0 amide bonds. The molecule has 5 rings (SSSR count). The monoisotopic (exact) mass is 417 g/mol. The highest BCUT2D eigenvalue weighted by molar-refractivity contribution is 5.93. The van der Waals surface area contributed by atoms with E-state index in [0.717, 1.165) is 26.1 Å². The summed E-state index contributed by atoms with van der Waals surface area (Å²) in [6.07, 6.45) is 5.66. The van der Waals surface area contributed by atoms with Gasteiger partial charge in [0.2, 0.25) is 11.8 Å². The van der Waals surface area contributed by atoms with E-state index in [9.17, 15) is 0 Å². The molecule has 0 atom stereocenters. The molecule has 4 aromatic heterocycles. The number of hydrogen-bond donors (Lipinski definition) is 3. The first-order valence-corrected chi connectivity index (χ1v) is 10.1. The molecular weight excluding hydrogens is 394 g/mol. The van der Waals surface area contributed by atoms with Crippen molar-refractivity contribution in [1.82, 2.24) is 29.5 Å². The normalized spacial score (nSPS) is 14.0. The molecule has 0 aliphatic carbocycles. The molecule has 0 fully saturated rings. The Morgan fingerprint density at radius 3 is 3.06 bits per heavy atom. The molecule has 0 spiro atoms. The van der Waals surface area contributed by atoms with Crippen LogP contribution in [-0.4, -0.2) is 55.3 Å². The number of fused-ring (bicyclic) bond motifs is 2. The first kappa shape index (κ1) is 19.2. The Morgan fingerprint density at radius 2 is 2.26 bits per heavy atom. The summed E-state index contributed by atoms with van der Waals surface area (Å²) < 4.78 is 6.81. The van der Waals surface area contributed by atoms with Crippen molar-refractivity contribution < 1.29 is 4.42 Å². The lowest BCUT2D eigenvalue weighted by Gasteiger charge is -2.28. The Kier molecular flexibility index (Phi) is 4.83. The van der Waals surface area contributed by atoms with Gasteiger partial charge >= 0.3 is 0 Å². The van der Waals surface area contributed by atoms with Gasteiger partial charge in [0.25, 0.3) is 0 Å². The van der Waals surface area contributed by atoms with E-state index in [1.807, 2.05) is 6.20 Å². The van der Waals surface area contributed by atoms with Crippen LogP contribution in [0.2, 0.25) is 0 Å². The second kappa shape index (κ2) is 7.80. The Morgan fingerprint density at radius 1 is 1.35 bits per heavy atom. The summed E-state index contributed by atoms with van der Waals surface area (Å²) in [5.74, 6) is 1.65. The summed E-state index contributed by atoms with van der Waals surface area (Å²) in [7, 11) is 0. The molecule has 4 N–H and O–H groups in total. The zero-order valence-corrected chi connectivity index (χ0v) is 17.2. The van der Waals surface area contributed by atoms with E-state index < -0.39 is 0 Å². The van der Waals surface area contributed by atoms with E-state index in [1.165, 1.54) is 27.6 Å². The largest absolute Gasteiger partial charge is 0.461 e. The maximum atomic E-state index is 7.89. The molecule has 0 saturated heterocycles. The number of aromatic nitrogens is 5. The van der Waals surface area contributed by atoms with Crippen LogP contribution < -0.4 is 11.1 Å². The number of nitrogens with zero attached hydrogens (tertiary/aromatic N) is 6. The van der Waals surface area contributed by atoms with Gasteiger partial charge in [-0.05, 0) is 30.2 Å². The zero-order valence-electron chi connectivity index (χ0n) is 17.2. The Hall–Kier alpha value is -3.79. The number of anilines is 2. The van der Waals surface area contributed by atoms with Gasteiger partial charge in [-0.25, -0.2) is 4.98 Å². The smallest absolute Gasteiger partial charge is 0.225 e. The number of hydrogen-bond acceptors (Lipinski definition) is 9. The van der Waals surface area contributed by atoms with Gasteiger partial charge in [-0.1, -0.05) is 6.07 Å². The van der Waals surface area contributed by atoms with Crippen LogP contribution in [0.15, 0.2) is 35.1 Å². The highest BCUT2D eigenvalue weighted by atomic mass is 16.3. The SMILES string of the molecule is Cc1cnc2c(c1)CN(CCNc1nc(N)n3nc(-c4ccco4)nc3c1C=N)CC2. The molecule has 158 valence electrons. The van der Waals surface area contributed by atoms with E-state index in [-0.39, 0.29) is 5.95 Å². The van der Waals surface area contributed by atoms with Crippen molar-refractivity contribution in [3.63, 3.8) is 0 Å². The van der Waals surface area contributed by atoms with Gasteiger partial charge in [0.05, 0.1) is 11.8 Å². The maximum absolute atomic E-state index is 7.89. The summed E-state index contributed by atoms with van der Waals surface area (Å²) in [6.45, 7) is 5.42. The number of aryl methyl sites for hydroxylation is 1. The maximum Gasteiger partial charge on any atom is 0.225 e. The van der Waals surface area contributed by atoms with E-state index in [4.69, 9.17) is 15.6 Å². The number of nitrogens with two attached hydrogens (primary N) is 1. The Bertz CT molecular complexity index is 1250. The highest BCUT2D eigenvalue weighted by Crippen LogP contribution is 2.23. The first-order valence-electron chi connectivity index (χ1n) is 10.1. The van der Waals surface area contributed by atoms with Crippen molar-refractivity contribution in [1.29, 1.82) is 5.41 Å². The minimum Gasteiger partial charge on any atom is -0.461 e. The van der Waals surface area contributed by atoms with Crippen molar-refractivity contribution in [3.8, 4) is 11.6 Å². The van der Waals surface area contributed by atoms with Gasteiger partial charge in [0.15, 0.2) is 11.4 Å². The standard InChI is InChI=1S/C21H23N9O/c1-13-9-14-12-29(6-4-16(14)25-11-13)7-5-24-18-15(10-22)20-26-19(17-3-2-8-31-17)28-30(20)21(23)27-18/h2-3,8-11,22,24H,4-7,12H2,1H3,(H2,23,27). The highest BCUT2D eigenvalue weighted by Gasteiger charge is 2.19. The number of nitrogen functional groups attached to an aromatic ring is 1. The number of nitrogens with one attached hydrogen (secondary N) is 2. The average Bonchev–Trinajstić information content (AvgIpc) is 3.44. The molecule has 1 aliphatic rings. The third-order valence-corrected chi connectivity index (χ3v) is 5.41. The number of rotatable bonds is 6. The van der Waals surface area contributed by atoms with Crippen LogP contribution in [-0.2, 0) is 13.0 Å². The van der Waals surface area contributed by atoms with Crippen molar-refractivity contribution in [2.24, 2.45) is 0 Å². The van der Waals surface area contributed by atoms with Crippen molar-refractivity contribution in [3.05, 3.63) is 53.0 Å². The van der Waals surface area contributed by atoms with Crippen LogP contribution in [0.5, 0.6) is 0 Å². The second-order valence-corrected chi connectivity index (χ2v) is 7.60. The quantitative estimate of drug-likeness (QED) is 0.406. The minimum absolute atomic E-state index is 0.196. The molecule has 5 heterocycles. The van der Waals surface area contributed by atoms with E-state index in [0.29, 0.717) is 35.2 Å². The molecule has 0 saturated carbocycles. The fraction of sp³-hybridized carbons (Fsp3) is 0.286. The van der Waals surface area contributed by atoms with Crippen LogP contribution in [0.1, 0.15) is 22.4 Å². The van der Waals surface area contributed by atoms with Crippen LogP contribution in [0.3, 0.4) is 0 Å². The summed E-state index contributed by atoms with van der Waals surface area (Å²) in [6, 6.07) is 5.76. The lowest BCUT2D eigenvalue weighted by molar-refractivity contribution is 0.261. The lowest BCUT2D eigenvalue weighted by atomic mass is 10.0. The summed E-state index contributed by atoms with van der Waals surface area (Å²) >= 11 is 0. The molecule has 10 nitrogen and oxygen atoms in total. The lowest BCUT2D eigenvalue weighted by Crippen LogP contribution is -2.35. The van der Waals surface area contributed by atoms with E-state index in [2.05, 4.69) is 43.3 Å². The van der Waals surface area contributed by atoms with Crippen molar-refractivity contribution >= 4 is 23.6 Å². The van der Waals surface area contributed by atoms with Crippen LogP contribution in [0.4, 0.5) is 11.8 Å². The summed E-state index contributed by atoms with van der Waals surface area (Å²) in [5.41, 5.74) is 10.8. The van der Waals surface area contributed by atoms with Crippen molar-refractivity contribution in [2.75, 3.05) is 30.7 Å². The second-order valence-electron chi connectivity index (χ2n) is 7.60. The molecular formula is C21H23N9O.